The summed E-state index contributed by atoms with van der Waals surface area (Å²) in [6, 6.07) is 45.3. The first-order chi connectivity index (χ1) is 24.3. The summed E-state index contributed by atoms with van der Waals surface area (Å²) >= 11 is 1.90. The van der Waals surface area contributed by atoms with Crippen molar-refractivity contribution in [2.75, 3.05) is 4.90 Å². The van der Waals surface area contributed by atoms with Gasteiger partial charge in [-0.3, -0.25) is 0 Å². The number of para-hydroxylation sites is 2. The van der Waals surface area contributed by atoms with E-state index >= 15 is 0 Å². The Hall–Kier alpha value is -4.60. The second-order valence-corrected chi connectivity index (χ2v) is 16.1. The third-order valence-corrected chi connectivity index (χ3v) is 12.1. The maximum absolute atomic E-state index is 6.98. The molecule has 0 bridgehead atoms. The minimum absolute atomic E-state index is 0.0475. The van der Waals surface area contributed by atoms with E-state index in [1.807, 2.05) is 11.8 Å². The van der Waals surface area contributed by atoms with Gasteiger partial charge in [0.2, 0.25) is 6.71 Å². The van der Waals surface area contributed by atoms with Gasteiger partial charge in [0.15, 0.2) is 0 Å². The average molecular weight is 666 g/mol. The molecule has 9 rings (SSSR count). The summed E-state index contributed by atoms with van der Waals surface area (Å²) in [5.74, 6) is 3.11. The van der Waals surface area contributed by atoms with Crippen molar-refractivity contribution in [2.24, 2.45) is 0 Å². The summed E-state index contributed by atoms with van der Waals surface area (Å²) in [6.07, 6.45) is 0. The third-order valence-electron chi connectivity index (χ3n) is 11.0. The monoisotopic (exact) mass is 665 g/mol. The van der Waals surface area contributed by atoms with Crippen LogP contribution in [0.4, 0.5) is 17.1 Å². The largest absolute Gasteiger partial charge is 0.458 e. The van der Waals surface area contributed by atoms with Crippen molar-refractivity contribution < 1.29 is 4.74 Å². The number of hydrogen-bond acceptors (Lipinski definition) is 3. The summed E-state index contributed by atoms with van der Waals surface area (Å²) in [5.41, 5.74) is 16.0. The maximum atomic E-state index is 6.98. The first kappa shape index (κ1) is 31.4. The second-order valence-electron chi connectivity index (χ2n) is 15.0. The van der Waals surface area contributed by atoms with Crippen molar-refractivity contribution in [3.05, 3.63) is 138 Å². The molecule has 0 fully saturated rings. The molecule has 5 heteroatoms. The van der Waals surface area contributed by atoms with Gasteiger partial charge in [-0.2, -0.15) is 0 Å². The molecule has 0 radical (unpaired) electrons. The molecule has 244 valence electrons. The minimum Gasteiger partial charge on any atom is -0.458 e. The zero-order valence-corrected chi connectivity index (χ0v) is 30.5. The van der Waals surface area contributed by atoms with Crippen LogP contribution in [-0.2, 0) is 0 Å². The van der Waals surface area contributed by atoms with Crippen LogP contribution in [0.1, 0.15) is 76.0 Å². The summed E-state index contributed by atoms with van der Waals surface area (Å²) in [5, 5.41) is 0. The molecular weight excluding hydrogens is 624 g/mol. The summed E-state index contributed by atoms with van der Waals surface area (Å²) < 4.78 is 6.98. The minimum atomic E-state index is 0.0475. The molecule has 0 saturated heterocycles. The van der Waals surface area contributed by atoms with Crippen LogP contribution < -0.4 is 42.4 Å². The smallest absolute Gasteiger partial charge is 0.251 e. The van der Waals surface area contributed by atoms with Crippen LogP contribution in [-0.4, -0.2) is 13.4 Å². The molecule has 0 N–H and O–H groups in total. The van der Waals surface area contributed by atoms with Crippen LogP contribution in [0.25, 0.3) is 0 Å². The number of hydrogen-bond donors (Lipinski definition) is 0. The van der Waals surface area contributed by atoms with Crippen molar-refractivity contribution in [1.29, 1.82) is 0 Å². The first-order valence-electron chi connectivity index (χ1n) is 18.2. The van der Waals surface area contributed by atoms with Crippen LogP contribution in [0.2, 0.25) is 0 Å². The van der Waals surface area contributed by atoms with E-state index in [1.54, 1.807) is 0 Å². The van der Waals surface area contributed by atoms with E-state index in [0.29, 0.717) is 17.8 Å². The van der Waals surface area contributed by atoms with Gasteiger partial charge in [-0.25, -0.2) is 0 Å². The lowest BCUT2D eigenvalue weighted by Crippen LogP contribution is -2.63. The van der Waals surface area contributed by atoms with E-state index in [0.717, 1.165) is 17.2 Å². The highest BCUT2D eigenvalue weighted by Crippen LogP contribution is 2.43. The molecular formula is C45H41B2NOS. The van der Waals surface area contributed by atoms with Gasteiger partial charge in [0, 0.05) is 32.9 Å². The number of fused-ring (bicyclic) bond motifs is 6. The lowest BCUT2D eigenvalue weighted by molar-refractivity contribution is 0.487. The van der Waals surface area contributed by atoms with Gasteiger partial charge in [0.25, 0.3) is 6.71 Å². The van der Waals surface area contributed by atoms with E-state index < -0.39 is 0 Å². The van der Waals surface area contributed by atoms with Gasteiger partial charge in [0.05, 0.1) is 0 Å². The molecule has 6 aromatic rings. The molecule has 2 nitrogen and oxygen atoms in total. The second kappa shape index (κ2) is 12.0. The average Bonchev–Trinajstić information content (AvgIpc) is 3.12. The summed E-state index contributed by atoms with van der Waals surface area (Å²) in [7, 11) is 0. The van der Waals surface area contributed by atoms with Gasteiger partial charge in [-0.1, -0.05) is 143 Å². The van der Waals surface area contributed by atoms with Gasteiger partial charge in [-0.05, 0) is 92.7 Å². The number of nitrogens with zero attached hydrogens (tertiary/aromatic N) is 1. The molecule has 0 aromatic heterocycles. The molecule has 3 heterocycles. The third kappa shape index (κ3) is 4.81. The molecule has 0 saturated carbocycles. The molecule has 0 unspecified atom stereocenters. The SMILES string of the molecule is CC(C)c1cc(C(C)C)c(B2c3ccccc3Oc3cc4c(cc32)B2c3ccccc3Sc3cccc(c32)N4c2ccccc2)c(C(C)C)c1. The Morgan fingerprint density at radius 2 is 1.14 bits per heavy atom. The zero-order chi connectivity index (χ0) is 34.3. The number of rotatable bonds is 5. The van der Waals surface area contributed by atoms with Crippen LogP contribution in [0.3, 0.4) is 0 Å². The number of benzene rings is 6. The van der Waals surface area contributed by atoms with Gasteiger partial charge in [-0.15, -0.1) is 0 Å². The van der Waals surface area contributed by atoms with E-state index in [9.17, 15) is 0 Å². The molecule has 0 atom stereocenters. The Balaban J connectivity index is 1.37. The highest BCUT2D eigenvalue weighted by atomic mass is 32.2. The van der Waals surface area contributed by atoms with Crippen molar-refractivity contribution in [3.8, 4) is 11.5 Å². The van der Waals surface area contributed by atoms with Gasteiger partial charge in [0.1, 0.15) is 11.5 Å². The fraction of sp³-hybridized carbons (Fsp3) is 0.200. The Morgan fingerprint density at radius 3 is 1.86 bits per heavy atom. The van der Waals surface area contributed by atoms with Crippen molar-refractivity contribution >= 4 is 75.0 Å². The van der Waals surface area contributed by atoms with Crippen LogP contribution >= 0.6 is 11.8 Å². The van der Waals surface area contributed by atoms with Crippen molar-refractivity contribution in [1.82, 2.24) is 0 Å². The van der Waals surface area contributed by atoms with Crippen LogP contribution in [0.15, 0.2) is 131 Å². The fourth-order valence-corrected chi connectivity index (χ4v) is 9.76. The van der Waals surface area contributed by atoms with E-state index in [1.165, 1.54) is 70.6 Å². The standard InChI is InChI=1S/C45H41B2NOS/c1-27(2)30-23-32(28(3)4)44(33(24-30)29(5)6)46-34-17-10-12-20-40(34)49-41-26-39-36(25-37(41)46)47-35-18-11-13-21-42(35)50-43-22-14-19-38(45(43)47)48(39)31-15-8-7-9-16-31/h7-29H,1-6H3. The van der Waals surface area contributed by atoms with Gasteiger partial charge < -0.3 is 9.64 Å². The topological polar surface area (TPSA) is 12.5 Å². The molecule has 0 aliphatic carbocycles. The Kier molecular flexibility index (Phi) is 7.55. The molecule has 50 heavy (non-hydrogen) atoms. The lowest BCUT2D eigenvalue weighted by atomic mass is 9.31. The zero-order valence-electron chi connectivity index (χ0n) is 29.7. The van der Waals surface area contributed by atoms with E-state index in [2.05, 4.69) is 168 Å². The highest BCUT2D eigenvalue weighted by Gasteiger charge is 2.44. The fourth-order valence-electron chi connectivity index (χ4n) is 8.60. The van der Waals surface area contributed by atoms with Crippen LogP contribution in [0.5, 0.6) is 11.5 Å². The van der Waals surface area contributed by atoms with E-state index in [4.69, 9.17) is 4.74 Å². The van der Waals surface area contributed by atoms with Crippen molar-refractivity contribution in [3.63, 3.8) is 0 Å². The quantitative estimate of drug-likeness (QED) is 0.171. The molecule has 3 aliphatic rings. The van der Waals surface area contributed by atoms with E-state index in [-0.39, 0.29) is 13.4 Å². The first-order valence-corrected chi connectivity index (χ1v) is 19.0. The molecule has 3 aliphatic heterocycles. The molecule has 0 spiro atoms. The predicted molar refractivity (Wildman–Crippen MR) is 216 cm³/mol. The van der Waals surface area contributed by atoms with Crippen LogP contribution in [0, 0.1) is 0 Å². The van der Waals surface area contributed by atoms with Crippen molar-refractivity contribution in [2.45, 2.75) is 69.1 Å². The Bertz CT molecular complexity index is 2270. The van der Waals surface area contributed by atoms with Gasteiger partial charge >= 0.3 is 0 Å². The number of anilines is 3. The predicted octanol–water partition coefficient (Wildman–Crippen LogP) is 8.44. The Labute approximate surface area is 302 Å². The maximum Gasteiger partial charge on any atom is 0.251 e. The summed E-state index contributed by atoms with van der Waals surface area (Å²) in [6.45, 7) is 14.2. The molecule has 0 amide bonds. The highest BCUT2D eigenvalue weighted by molar-refractivity contribution is 8.00. The Morgan fingerprint density at radius 1 is 0.500 bits per heavy atom. The number of ether oxygens (including phenoxy) is 1. The molecule has 6 aromatic carbocycles. The lowest BCUT2D eigenvalue weighted by Gasteiger charge is -2.41. The summed E-state index contributed by atoms with van der Waals surface area (Å²) in [4.78, 5) is 5.14. The normalized spacial score (nSPS) is 13.9.